The van der Waals surface area contributed by atoms with Gasteiger partial charge >= 0.3 is 6.03 Å². The molecular formula is C21H22ClN3O3. The molecule has 0 aromatic heterocycles. The second kappa shape index (κ2) is 8.02. The molecule has 0 radical (unpaired) electrons. The summed E-state index contributed by atoms with van der Waals surface area (Å²) in [6.07, 6.45) is 0. The van der Waals surface area contributed by atoms with Crippen LogP contribution in [0.1, 0.15) is 20.8 Å². The Morgan fingerprint density at radius 1 is 1.07 bits per heavy atom. The molecule has 0 aliphatic carbocycles. The second-order valence-corrected chi connectivity index (χ2v) is 7.36. The number of nitrogens with zero attached hydrogens (tertiary/aromatic N) is 3. The smallest absolute Gasteiger partial charge is 0.308 e. The fraction of sp³-hybridized carbons (Fsp3) is 0.286. The van der Waals surface area contributed by atoms with Crippen LogP contribution in [0.2, 0.25) is 5.02 Å². The predicted molar refractivity (Wildman–Crippen MR) is 110 cm³/mol. The quantitative estimate of drug-likeness (QED) is 0.715. The fourth-order valence-corrected chi connectivity index (χ4v) is 3.46. The summed E-state index contributed by atoms with van der Waals surface area (Å²) in [7, 11) is 0. The number of amides is 4. The molecule has 146 valence electrons. The Morgan fingerprint density at radius 2 is 1.68 bits per heavy atom. The minimum atomic E-state index is -0.689. The van der Waals surface area contributed by atoms with E-state index in [-0.39, 0.29) is 18.5 Å². The van der Waals surface area contributed by atoms with Crippen LogP contribution in [0.5, 0.6) is 0 Å². The summed E-state index contributed by atoms with van der Waals surface area (Å²) in [6, 6.07) is 14.6. The van der Waals surface area contributed by atoms with E-state index in [1.807, 2.05) is 44.2 Å². The molecule has 6 nitrogen and oxygen atoms in total. The summed E-state index contributed by atoms with van der Waals surface area (Å²) >= 11 is 5.91. The zero-order chi connectivity index (χ0) is 20.4. The van der Waals surface area contributed by atoms with Crippen molar-refractivity contribution in [3.63, 3.8) is 0 Å². The number of imide groups is 1. The molecule has 1 fully saturated rings. The summed E-state index contributed by atoms with van der Waals surface area (Å²) in [5.41, 5.74) is 1.29. The molecule has 1 unspecified atom stereocenters. The number of hydrogen-bond acceptors (Lipinski definition) is 3. The molecule has 2 aromatic rings. The predicted octanol–water partition coefficient (Wildman–Crippen LogP) is 3.94. The van der Waals surface area contributed by atoms with Crippen LogP contribution in [0, 0.1) is 0 Å². The van der Waals surface area contributed by atoms with E-state index in [1.54, 1.807) is 36.1 Å². The van der Waals surface area contributed by atoms with Crippen LogP contribution in [0.15, 0.2) is 54.6 Å². The summed E-state index contributed by atoms with van der Waals surface area (Å²) in [5.74, 6) is -0.710. The highest BCUT2D eigenvalue weighted by Gasteiger charge is 2.44. The first kappa shape index (κ1) is 19.9. The van der Waals surface area contributed by atoms with Gasteiger partial charge in [0.25, 0.3) is 5.91 Å². The molecule has 0 N–H and O–H groups in total. The van der Waals surface area contributed by atoms with Crippen molar-refractivity contribution in [3.05, 3.63) is 59.6 Å². The molecule has 1 aliphatic heterocycles. The highest BCUT2D eigenvalue weighted by atomic mass is 35.5. The van der Waals surface area contributed by atoms with Crippen LogP contribution in [-0.2, 0) is 9.59 Å². The van der Waals surface area contributed by atoms with Crippen molar-refractivity contribution >= 4 is 40.8 Å². The first-order chi connectivity index (χ1) is 13.3. The van der Waals surface area contributed by atoms with E-state index in [9.17, 15) is 14.4 Å². The Kier molecular flexibility index (Phi) is 5.70. The molecule has 7 heteroatoms. The minimum absolute atomic E-state index is 0.118. The first-order valence-corrected chi connectivity index (χ1v) is 9.46. The number of rotatable bonds is 5. The van der Waals surface area contributed by atoms with Crippen LogP contribution < -0.4 is 9.80 Å². The van der Waals surface area contributed by atoms with Gasteiger partial charge in [-0.05, 0) is 57.2 Å². The Hall–Kier alpha value is -2.86. The molecule has 0 bridgehead atoms. The average molecular weight is 400 g/mol. The van der Waals surface area contributed by atoms with E-state index in [2.05, 4.69) is 0 Å². The van der Waals surface area contributed by atoms with Crippen molar-refractivity contribution in [1.82, 2.24) is 4.90 Å². The number of urea groups is 1. The minimum Gasteiger partial charge on any atom is -0.308 e. The average Bonchev–Trinajstić information content (AvgIpc) is 2.87. The van der Waals surface area contributed by atoms with Gasteiger partial charge in [-0.3, -0.25) is 19.4 Å². The van der Waals surface area contributed by atoms with E-state index < -0.39 is 18.0 Å². The Bertz CT molecular complexity index is 884. The lowest BCUT2D eigenvalue weighted by Gasteiger charge is -2.28. The normalized spacial score (nSPS) is 16.8. The standard InChI is InChI=1S/C21H22ClN3O3/c1-14(2)24(17-7-5-4-6-8-17)19(26)13-23-20(27)15(3)25(21(23)28)18-11-9-16(22)10-12-18/h4-12,14-15H,13H2,1-3H3. The maximum atomic E-state index is 13.0. The maximum absolute atomic E-state index is 13.0. The fourth-order valence-electron chi connectivity index (χ4n) is 3.34. The lowest BCUT2D eigenvalue weighted by molar-refractivity contribution is -0.131. The van der Waals surface area contributed by atoms with E-state index in [4.69, 9.17) is 11.6 Å². The Morgan fingerprint density at radius 3 is 2.25 bits per heavy atom. The SMILES string of the molecule is CC(C)N(C(=O)CN1C(=O)C(C)N(c2ccc(Cl)cc2)C1=O)c1ccccc1. The maximum Gasteiger partial charge on any atom is 0.332 e. The number of para-hydroxylation sites is 1. The number of halogens is 1. The summed E-state index contributed by atoms with van der Waals surface area (Å²) in [6.45, 7) is 5.12. The number of carbonyl (C=O) groups excluding carboxylic acids is 3. The van der Waals surface area contributed by atoms with Gasteiger partial charge in [-0.2, -0.15) is 0 Å². The third-order valence-corrected chi connectivity index (χ3v) is 4.92. The highest BCUT2D eigenvalue weighted by Crippen LogP contribution is 2.27. The van der Waals surface area contributed by atoms with E-state index in [0.29, 0.717) is 10.7 Å². The van der Waals surface area contributed by atoms with Gasteiger partial charge in [0.05, 0.1) is 0 Å². The van der Waals surface area contributed by atoms with Gasteiger partial charge < -0.3 is 4.90 Å². The molecule has 0 saturated carbocycles. The summed E-state index contributed by atoms with van der Waals surface area (Å²) in [5, 5.41) is 0.539. The van der Waals surface area contributed by atoms with Crippen molar-refractivity contribution in [3.8, 4) is 0 Å². The lowest BCUT2D eigenvalue weighted by atomic mass is 10.2. The zero-order valence-electron chi connectivity index (χ0n) is 16.0. The molecule has 3 rings (SSSR count). The van der Waals surface area contributed by atoms with Crippen LogP contribution in [0.4, 0.5) is 16.2 Å². The molecule has 2 aromatic carbocycles. The van der Waals surface area contributed by atoms with Crippen LogP contribution >= 0.6 is 11.6 Å². The van der Waals surface area contributed by atoms with E-state index in [0.717, 1.165) is 10.6 Å². The van der Waals surface area contributed by atoms with Crippen LogP contribution in [-0.4, -0.2) is 41.4 Å². The molecule has 1 saturated heterocycles. The van der Waals surface area contributed by atoms with Crippen LogP contribution in [0.25, 0.3) is 0 Å². The third kappa shape index (κ3) is 3.73. The number of anilines is 2. The zero-order valence-corrected chi connectivity index (χ0v) is 16.8. The van der Waals surface area contributed by atoms with Gasteiger partial charge in [-0.25, -0.2) is 4.79 Å². The van der Waals surface area contributed by atoms with Crippen molar-refractivity contribution in [2.45, 2.75) is 32.9 Å². The Balaban J connectivity index is 1.83. The van der Waals surface area contributed by atoms with Crippen molar-refractivity contribution < 1.29 is 14.4 Å². The van der Waals surface area contributed by atoms with E-state index in [1.165, 1.54) is 4.90 Å². The summed E-state index contributed by atoms with van der Waals surface area (Å²) < 4.78 is 0. The molecule has 4 amide bonds. The van der Waals surface area contributed by atoms with Gasteiger partial charge in [-0.1, -0.05) is 29.8 Å². The topological polar surface area (TPSA) is 60.9 Å². The molecule has 1 heterocycles. The van der Waals surface area contributed by atoms with Crippen LogP contribution in [0.3, 0.4) is 0 Å². The molecule has 1 aliphatic rings. The number of benzene rings is 2. The summed E-state index contributed by atoms with van der Waals surface area (Å²) in [4.78, 5) is 42.6. The molecule has 1 atom stereocenters. The monoisotopic (exact) mass is 399 g/mol. The third-order valence-electron chi connectivity index (χ3n) is 4.67. The Labute approximate surface area is 169 Å². The van der Waals surface area contributed by atoms with Crippen molar-refractivity contribution in [1.29, 1.82) is 0 Å². The van der Waals surface area contributed by atoms with Crippen molar-refractivity contribution in [2.24, 2.45) is 0 Å². The van der Waals surface area contributed by atoms with Crippen molar-refractivity contribution in [2.75, 3.05) is 16.3 Å². The van der Waals surface area contributed by atoms with Gasteiger partial charge in [0.1, 0.15) is 12.6 Å². The van der Waals surface area contributed by atoms with E-state index >= 15 is 0 Å². The number of hydrogen-bond donors (Lipinski definition) is 0. The van der Waals surface area contributed by atoms with Gasteiger partial charge in [0.2, 0.25) is 5.91 Å². The molecule has 0 spiro atoms. The molecule has 28 heavy (non-hydrogen) atoms. The van der Waals surface area contributed by atoms with Gasteiger partial charge in [0.15, 0.2) is 0 Å². The largest absolute Gasteiger partial charge is 0.332 e. The lowest BCUT2D eigenvalue weighted by Crippen LogP contribution is -2.46. The highest BCUT2D eigenvalue weighted by molar-refractivity contribution is 6.30. The first-order valence-electron chi connectivity index (χ1n) is 9.08. The van der Waals surface area contributed by atoms with Gasteiger partial charge in [0, 0.05) is 22.4 Å². The number of carbonyl (C=O) groups is 3. The van der Waals surface area contributed by atoms with Gasteiger partial charge in [-0.15, -0.1) is 0 Å². The molecular weight excluding hydrogens is 378 g/mol. The second-order valence-electron chi connectivity index (χ2n) is 6.92.